The summed E-state index contributed by atoms with van der Waals surface area (Å²) in [5.74, 6) is 3.37. The molecule has 2 aliphatic carbocycles. The Morgan fingerprint density at radius 1 is 1.10 bits per heavy atom. The van der Waals surface area contributed by atoms with Gasteiger partial charge in [-0.3, -0.25) is 10.2 Å². The van der Waals surface area contributed by atoms with Crippen LogP contribution in [-0.4, -0.2) is 36.1 Å². The van der Waals surface area contributed by atoms with E-state index in [0.717, 1.165) is 36.2 Å². The minimum atomic E-state index is -0.250. The summed E-state index contributed by atoms with van der Waals surface area (Å²) in [7, 11) is 1.71. The Balaban J connectivity index is 0.00000178. The van der Waals surface area contributed by atoms with Gasteiger partial charge in [0.25, 0.3) is 6.47 Å². The van der Waals surface area contributed by atoms with Crippen molar-refractivity contribution < 1.29 is 29.9 Å². The van der Waals surface area contributed by atoms with E-state index in [1.807, 2.05) is 24.3 Å². The van der Waals surface area contributed by atoms with Gasteiger partial charge in [-0.2, -0.15) is 0 Å². The molecule has 2 saturated carbocycles. The first-order valence-electron chi connectivity index (χ1n) is 14.4. The Labute approximate surface area is 244 Å². The average Bonchev–Trinajstić information content (AvgIpc) is 2.91. The second-order valence-corrected chi connectivity index (χ2v) is 11.3. The molecule has 4 N–H and O–H groups in total. The molecule has 2 bridgehead atoms. The largest absolute Gasteiger partial charge is 0.506 e. The van der Waals surface area contributed by atoms with Crippen LogP contribution in [0, 0.1) is 23.7 Å². The predicted molar refractivity (Wildman–Crippen MR) is 164 cm³/mol. The SMILES string of the molecule is CCCCCCO/C=C\C=C/C(=[NH2+])/C=C/c1ccc(/C(OC)=C2\C(C)CC3CC(C)CC2C3)c(Cl)c1O.O=CO. The van der Waals surface area contributed by atoms with Crippen LogP contribution >= 0.6 is 11.6 Å². The van der Waals surface area contributed by atoms with Gasteiger partial charge in [0.1, 0.15) is 11.5 Å². The Bertz CT molecular complexity index is 1090. The summed E-state index contributed by atoms with van der Waals surface area (Å²) in [6.07, 6.45) is 20.3. The van der Waals surface area contributed by atoms with E-state index in [1.165, 1.54) is 50.5 Å². The zero-order chi connectivity index (χ0) is 29.5. The lowest BCUT2D eigenvalue weighted by atomic mass is 9.62. The number of benzene rings is 1. The van der Waals surface area contributed by atoms with E-state index in [4.69, 9.17) is 36.4 Å². The zero-order valence-electron chi connectivity index (χ0n) is 24.4. The molecule has 3 rings (SSSR count). The highest BCUT2D eigenvalue weighted by Crippen LogP contribution is 2.51. The molecule has 0 heterocycles. The monoisotopic (exact) mass is 572 g/mol. The lowest BCUT2D eigenvalue weighted by Crippen LogP contribution is -2.36. The van der Waals surface area contributed by atoms with E-state index >= 15 is 0 Å². The van der Waals surface area contributed by atoms with Crippen molar-refractivity contribution in [2.45, 2.75) is 72.1 Å². The molecule has 0 saturated heterocycles. The van der Waals surface area contributed by atoms with Gasteiger partial charge in [-0.1, -0.05) is 63.8 Å². The molecular formula is C33H47ClNO5+. The van der Waals surface area contributed by atoms with Crippen molar-refractivity contribution >= 4 is 35.6 Å². The van der Waals surface area contributed by atoms with Crippen molar-refractivity contribution in [3.05, 3.63) is 64.4 Å². The van der Waals surface area contributed by atoms with Crippen LogP contribution in [0.4, 0.5) is 0 Å². The standard InChI is InChI=1S/C32H44ClNO3.CH2O2/c1-5-6-7-9-16-37-17-10-8-11-27(34)14-12-25-13-15-28(30(33)31(25)35)32(36-4)29-23(3)20-24-18-22(2)19-26(29)21-24;2-1-3/h8,10-15,17,22-24,26,34-35H,5-7,9,16,18-21H2,1-4H3;1H,(H,2,3)/p+1/b11-8-,14-12+,17-10-,32-29-,34-27?;. The molecule has 0 aromatic heterocycles. The van der Waals surface area contributed by atoms with Gasteiger partial charge in [0.15, 0.2) is 5.71 Å². The lowest BCUT2D eigenvalue weighted by Gasteiger charge is -2.43. The van der Waals surface area contributed by atoms with Crippen molar-refractivity contribution in [2.75, 3.05) is 13.7 Å². The molecule has 1 aromatic carbocycles. The average molecular weight is 573 g/mol. The smallest absolute Gasteiger partial charge is 0.290 e. The number of ether oxygens (including phenoxy) is 2. The van der Waals surface area contributed by atoms with E-state index < -0.39 is 0 Å². The number of halogens is 1. The van der Waals surface area contributed by atoms with Crippen LogP contribution < -0.4 is 5.41 Å². The van der Waals surface area contributed by atoms with Gasteiger partial charge in [-0.25, -0.2) is 0 Å². The van der Waals surface area contributed by atoms with Gasteiger partial charge < -0.3 is 19.7 Å². The molecule has 4 unspecified atom stereocenters. The number of carbonyl (C=O) groups is 1. The van der Waals surface area contributed by atoms with Gasteiger partial charge in [0.05, 0.1) is 25.0 Å². The Kier molecular flexibility index (Phi) is 14.7. The van der Waals surface area contributed by atoms with Crippen molar-refractivity contribution in [1.82, 2.24) is 0 Å². The highest BCUT2D eigenvalue weighted by atomic mass is 35.5. The van der Waals surface area contributed by atoms with Crippen LogP contribution in [0.5, 0.6) is 5.75 Å². The zero-order valence-corrected chi connectivity index (χ0v) is 25.2. The quantitative estimate of drug-likeness (QED) is 0.0817. The van der Waals surface area contributed by atoms with Crippen molar-refractivity contribution in [1.29, 1.82) is 0 Å². The topological polar surface area (TPSA) is 102 Å². The number of rotatable bonds is 12. The molecule has 6 nitrogen and oxygen atoms in total. The predicted octanol–water partition coefficient (Wildman–Crippen LogP) is 7.08. The maximum atomic E-state index is 10.9. The number of hydrogen-bond donors (Lipinski definition) is 3. The third kappa shape index (κ3) is 9.88. The van der Waals surface area contributed by atoms with Crippen LogP contribution in [0.25, 0.3) is 11.8 Å². The van der Waals surface area contributed by atoms with Gasteiger partial charge in [-0.05, 0) is 79.6 Å². The van der Waals surface area contributed by atoms with Crippen LogP contribution in [0.15, 0.2) is 48.3 Å². The second-order valence-electron chi connectivity index (χ2n) is 10.9. The van der Waals surface area contributed by atoms with E-state index in [1.54, 1.807) is 31.6 Å². The van der Waals surface area contributed by atoms with Gasteiger partial charge in [-0.15, -0.1) is 0 Å². The fourth-order valence-electron chi connectivity index (χ4n) is 6.09. The Morgan fingerprint density at radius 2 is 1.85 bits per heavy atom. The molecule has 1 aromatic rings. The highest BCUT2D eigenvalue weighted by Gasteiger charge is 2.39. The van der Waals surface area contributed by atoms with Crippen molar-refractivity contribution in [3.63, 3.8) is 0 Å². The van der Waals surface area contributed by atoms with E-state index in [2.05, 4.69) is 20.8 Å². The van der Waals surface area contributed by atoms with E-state index in [-0.39, 0.29) is 12.2 Å². The summed E-state index contributed by atoms with van der Waals surface area (Å²) in [5.41, 5.74) is 3.29. The molecule has 40 heavy (non-hydrogen) atoms. The fourth-order valence-corrected chi connectivity index (χ4v) is 6.35. The molecule has 2 fully saturated rings. The molecule has 2 aliphatic rings. The minimum absolute atomic E-state index is 0.0390. The van der Waals surface area contributed by atoms with E-state index in [0.29, 0.717) is 28.1 Å². The first-order valence-corrected chi connectivity index (χ1v) is 14.8. The molecule has 220 valence electrons. The normalized spacial score (nSPS) is 23.6. The van der Waals surface area contributed by atoms with Gasteiger partial charge in [0, 0.05) is 23.3 Å². The number of aromatic hydroxyl groups is 1. The molecule has 7 heteroatoms. The number of hydrogen-bond acceptors (Lipinski definition) is 4. The Morgan fingerprint density at radius 3 is 2.55 bits per heavy atom. The first kappa shape index (κ1) is 33.2. The maximum Gasteiger partial charge on any atom is 0.290 e. The number of methoxy groups -OCH3 is 1. The number of phenols is 1. The summed E-state index contributed by atoms with van der Waals surface area (Å²) in [5, 5.41) is 24.2. The van der Waals surface area contributed by atoms with Crippen LogP contribution in [-0.2, 0) is 14.3 Å². The number of nitrogens with two attached hydrogens (primary N) is 1. The van der Waals surface area contributed by atoms with Crippen LogP contribution in [0.2, 0.25) is 5.02 Å². The molecule has 0 radical (unpaired) electrons. The van der Waals surface area contributed by atoms with Gasteiger partial charge in [0.2, 0.25) is 0 Å². The molecule has 0 amide bonds. The summed E-state index contributed by atoms with van der Waals surface area (Å²) >= 11 is 6.72. The fraction of sp³-hybridized carbons (Fsp3) is 0.515. The minimum Gasteiger partial charge on any atom is -0.506 e. The molecule has 0 aliphatic heterocycles. The summed E-state index contributed by atoms with van der Waals surface area (Å²) in [6.45, 7) is 7.34. The van der Waals surface area contributed by atoms with Crippen molar-refractivity contribution in [3.8, 4) is 5.75 Å². The van der Waals surface area contributed by atoms with Crippen LogP contribution in [0.3, 0.4) is 0 Å². The third-order valence-electron chi connectivity index (χ3n) is 7.70. The maximum absolute atomic E-state index is 10.9. The van der Waals surface area contributed by atoms with Crippen LogP contribution in [0.1, 0.15) is 83.3 Å². The Hall–Kier alpha value is -2.99. The number of fused-ring (bicyclic) bond motifs is 2. The molecule has 0 spiro atoms. The third-order valence-corrected chi connectivity index (χ3v) is 8.08. The molecule has 4 atom stereocenters. The number of unbranched alkanes of at least 4 members (excludes halogenated alkanes) is 3. The second kappa shape index (κ2) is 17.6. The number of carboxylic acid groups (broad SMARTS) is 1. The lowest BCUT2D eigenvalue weighted by molar-refractivity contribution is -0.122. The summed E-state index contributed by atoms with van der Waals surface area (Å²) in [6, 6.07) is 3.82. The summed E-state index contributed by atoms with van der Waals surface area (Å²) in [4.78, 5) is 8.36. The first-order chi connectivity index (χ1) is 19.3. The van der Waals surface area contributed by atoms with Gasteiger partial charge >= 0.3 is 0 Å². The summed E-state index contributed by atoms with van der Waals surface area (Å²) < 4.78 is 11.4. The molecular weight excluding hydrogens is 526 g/mol. The van der Waals surface area contributed by atoms with Crippen molar-refractivity contribution in [2.24, 2.45) is 23.7 Å². The number of allylic oxidation sites excluding steroid dienone is 5. The van der Waals surface area contributed by atoms with E-state index in [9.17, 15) is 5.11 Å². The number of phenolic OH excluding ortho intramolecular Hbond substituents is 1. The highest BCUT2D eigenvalue weighted by molar-refractivity contribution is 6.34.